The van der Waals surface area contributed by atoms with E-state index in [-0.39, 0.29) is 41.6 Å². The second-order valence-electron chi connectivity index (χ2n) is 8.57. The maximum Gasteiger partial charge on any atom is 0.240 e. The summed E-state index contributed by atoms with van der Waals surface area (Å²) >= 11 is 0. The molecule has 31 heavy (non-hydrogen) atoms. The molecule has 3 heterocycles. The molecule has 6 rings (SSSR count). The molecular formula is C22H21N3O6. The lowest BCUT2D eigenvalue weighted by molar-refractivity contribution is -0.125. The van der Waals surface area contributed by atoms with Gasteiger partial charge in [0, 0.05) is 23.5 Å². The number of anilines is 1. The van der Waals surface area contributed by atoms with Crippen LogP contribution >= 0.6 is 0 Å². The lowest BCUT2D eigenvalue weighted by Crippen LogP contribution is -2.41. The van der Waals surface area contributed by atoms with Crippen LogP contribution in [-0.4, -0.2) is 43.0 Å². The fourth-order valence-corrected chi connectivity index (χ4v) is 6.04. The third-order valence-corrected chi connectivity index (χ3v) is 7.21. The number of carbonyl (C=O) groups excluding carboxylic acids is 2. The summed E-state index contributed by atoms with van der Waals surface area (Å²) in [6, 6.07) is 7.14. The Bertz CT molecular complexity index is 1140. The molecule has 0 unspecified atom stereocenters. The summed E-state index contributed by atoms with van der Waals surface area (Å²) in [5.74, 6) is 0.0763. The largest absolute Gasteiger partial charge is 0.497 e. The Labute approximate surface area is 177 Å². The molecule has 0 N–H and O–H groups in total. The Morgan fingerprint density at radius 2 is 1.81 bits per heavy atom. The normalized spacial score (nSPS) is 32.7. The van der Waals surface area contributed by atoms with E-state index < -0.39 is 11.8 Å². The standard InChI is InChI=1S/C22H21N3O6/c1-9-6-15(30-23-9)25-21(26)16-12-8-13(17(16)22(25)27)20-18(12)19(24-31-20)11-7-10(28-2)4-5-14(11)29-3/h4-7,12-13,16-18,20H,8H2,1-3H3/t12-,13+,16-,17+,18+,20+/m1/s1. The van der Waals surface area contributed by atoms with Crippen LogP contribution in [0.5, 0.6) is 11.5 Å². The minimum Gasteiger partial charge on any atom is -0.497 e. The molecule has 2 bridgehead atoms. The van der Waals surface area contributed by atoms with E-state index in [1.807, 2.05) is 18.2 Å². The minimum atomic E-state index is -0.411. The second-order valence-corrected chi connectivity index (χ2v) is 8.57. The van der Waals surface area contributed by atoms with Gasteiger partial charge in [-0.05, 0) is 37.5 Å². The predicted octanol–water partition coefficient (Wildman–Crippen LogP) is 2.17. The Morgan fingerprint density at radius 3 is 2.48 bits per heavy atom. The highest BCUT2D eigenvalue weighted by Crippen LogP contribution is 2.62. The molecule has 2 aromatic rings. The number of imide groups is 1. The Balaban J connectivity index is 1.37. The molecule has 9 heteroatoms. The smallest absolute Gasteiger partial charge is 0.240 e. The Kier molecular flexibility index (Phi) is 3.75. The van der Waals surface area contributed by atoms with Crippen molar-refractivity contribution in [3.8, 4) is 11.5 Å². The molecule has 0 spiro atoms. The number of nitrogens with zero attached hydrogens (tertiary/aromatic N) is 3. The number of hydrogen-bond donors (Lipinski definition) is 0. The molecule has 9 nitrogen and oxygen atoms in total. The van der Waals surface area contributed by atoms with Crippen molar-refractivity contribution >= 4 is 23.4 Å². The first-order valence-corrected chi connectivity index (χ1v) is 10.3. The maximum absolute atomic E-state index is 13.3. The molecule has 2 amide bonds. The molecule has 160 valence electrons. The van der Waals surface area contributed by atoms with Crippen LogP contribution in [0.1, 0.15) is 17.7 Å². The van der Waals surface area contributed by atoms with Crippen LogP contribution in [0.2, 0.25) is 0 Å². The lowest BCUT2D eigenvalue weighted by Gasteiger charge is -2.30. The topological polar surface area (TPSA) is 103 Å². The number of aryl methyl sites for hydroxylation is 1. The molecular weight excluding hydrogens is 402 g/mol. The number of benzene rings is 1. The Morgan fingerprint density at radius 1 is 1.03 bits per heavy atom. The molecule has 2 saturated carbocycles. The van der Waals surface area contributed by atoms with Gasteiger partial charge >= 0.3 is 0 Å². The quantitative estimate of drug-likeness (QED) is 0.694. The summed E-state index contributed by atoms with van der Waals surface area (Å²) in [5.41, 5.74) is 2.16. The molecule has 1 aromatic heterocycles. The monoisotopic (exact) mass is 423 g/mol. The first kappa shape index (κ1) is 18.4. The number of hydrogen-bond acceptors (Lipinski definition) is 8. The van der Waals surface area contributed by atoms with Gasteiger partial charge in [0.15, 0.2) is 0 Å². The van der Waals surface area contributed by atoms with Crippen LogP contribution in [0, 0.1) is 36.5 Å². The van der Waals surface area contributed by atoms with Gasteiger partial charge in [-0.25, -0.2) is 4.90 Å². The number of carbonyl (C=O) groups is 2. The fraction of sp³-hybridized carbons (Fsp3) is 0.455. The van der Waals surface area contributed by atoms with Crippen molar-refractivity contribution < 1.29 is 28.4 Å². The molecule has 0 radical (unpaired) electrons. The SMILES string of the molecule is COc1ccc(OC)c(C2=NO[C@H]3[C@H]4C[C@@H]([C@@H]23)[C@H]2C(=O)N(c3cc(C)no3)C(=O)[C@@H]42)c1. The highest BCUT2D eigenvalue weighted by atomic mass is 16.6. The Hall–Kier alpha value is -3.36. The summed E-state index contributed by atoms with van der Waals surface area (Å²) in [6.45, 7) is 1.76. The van der Waals surface area contributed by atoms with Gasteiger partial charge in [0.1, 0.15) is 17.6 Å². The molecule has 1 saturated heterocycles. The fourth-order valence-electron chi connectivity index (χ4n) is 6.04. The molecule has 4 aliphatic rings. The molecule has 1 aromatic carbocycles. The van der Waals surface area contributed by atoms with E-state index >= 15 is 0 Å². The number of ether oxygens (including phenoxy) is 2. The average Bonchev–Trinajstić information content (AvgIpc) is 3.56. The van der Waals surface area contributed by atoms with Crippen LogP contribution in [-0.2, 0) is 14.4 Å². The van der Waals surface area contributed by atoms with Crippen molar-refractivity contribution in [1.82, 2.24) is 5.16 Å². The highest BCUT2D eigenvalue weighted by Gasteiger charge is 2.71. The number of amides is 2. The third-order valence-electron chi connectivity index (χ3n) is 7.21. The van der Waals surface area contributed by atoms with Gasteiger partial charge in [-0.3, -0.25) is 9.59 Å². The molecule has 2 aliphatic carbocycles. The van der Waals surface area contributed by atoms with E-state index in [2.05, 4.69) is 10.3 Å². The summed E-state index contributed by atoms with van der Waals surface area (Å²) in [5, 5.41) is 8.22. The zero-order chi connectivity index (χ0) is 21.4. The van der Waals surface area contributed by atoms with Crippen molar-refractivity contribution in [2.45, 2.75) is 19.4 Å². The van der Waals surface area contributed by atoms with Crippen LogP contribution in [0.25, 0.3) is 0 Å². The number of methoxy groups -OCH3 is 2. The first-order valence-electron chi connectivity index (χ1n) is 10.3. The lowest BCUT2D eigenvalue weighted by atomic mass is 9.71. The molecule has 3 fully saturated rings. The summed E-state index contributed by atoms with van der Waals surface area (Å²) in [4.78, 5) is 33.6. The van der Waals surface area contributed by atoms with Crippen molar-refractivity contribution in [3.63, 3.8) is 0 Å². The number of fused-ring (bicyclic) bond motifs is 8. The zero-order valence-corrected chi connectivity index (χ0v) is 17.3. The van der Waals surface area contributed by atoms with Gasteiger partial charge in [0.25, 0.3) is 0 Å². The van der Waals surface area contributed by atoms with Crippen LogP contribution < -0.4 is 14.4 Å². The summed E-state index contributed by atoms with van der Waals surface area (Å²) in [7, 11) is 3.21. The second kappa shape index (κ2) is 6.32. The van der Waals surface area contributed by atoms with Crippen molar-refractivity contribution in [1.29, 1.82) is 0 Å². The summed E-state index contributed by atoms with van der Waals surface area (Å²) in [6.07, 6.45) is 0.529. The van der Waals surface area contributed by atoms with Crippen molar-refractivity contribution in [2.24, 2.45) is 34.7 Å². The predicted molar refractivity (Wildman–Crippen MR) is 107 cm³/mol. The number of aromatic nitrogens is 1. The molecule has 6 atom stereocenters. The van der Waals surface area contributed by atoms with Gasteiger partial charge in [-0.2, -0.15) is 0 Å². The maximum atomic E-state index is 13.3. The van der Waals surface area contributed by atoms with E-state index in [1.54, 1.807) is 27.2 Å². The van der Waals surface area contributed by atoms with Crippen LogP contribution in [0.3, 0.4) is 0 Å². The van der Waals surface area contributed by atoms with E-state index in [0.717, 1.165) is 17.7 Å². The summed E-state index contributed by atoms with van der Waals surface area (Å²) < 4.78 is 16.2. The van der Waals surface area contributed by atoms with Gasteiger partial charge in [0.05, 0.1) is 37.5 Å². The molecule has 2 aliphatic heterocycles. The first-order chi connectivity index (χ1) is 15.0. The number of oxime groups is 1. The van der Waals surface area contributed by atoms with Crippen LogP contribution in [0.15, 0.2) is 33.9 Å². The third kappa shape index (κ3) is 2.31. The van der Waals surface area contributed by atoms with Crippen molar-refractivity contribution in [3.05, 3.63) is 35.5 Å². The van der Waals surface area contributed by atoms with Gasteiger partial charge in [-0.15, -0.1) is 0 Å². The number of rotatable bonds is 4. The van der Waals surface area contributed by atoms with Gasteiger partial charge in [0.2, 0.25) is 17.7 Å². The van der Waals surface area contributed by atoms with E-state index in [0.29, 0.717) is 17.2 Å². The highest BCUT2D eigenvalue weighted by molar-refractivity contribution is 6.22. The van der Waals surface area contributed by atoms with Crippen molar-refractivity contribution in [2.75, 3.05) is 19.1 Å². The van der Waals surface area contributed by atoms with Gasteiger partial charge < -0.3 is 18.8 Å². The van der Waals surface area contributed by atoms with E-state index in [1.165, 1.54) is 4.90 Å². The average molecular weight is 423 g/mol. The zero-order valence-electron chi connectivity index (χ0n) is 17.3. The van der Waals surface area contributed by atoms with E-state index in [4.69, 9.17) is 18.8 Å². The van der Waals surface area contributed by atoms with E-state index in [9.17, 15) is 9.59 Å². The van der Waals surface area contributed by atoms with Crippen LogP contribution in [0.4, 0.5) is 5.88 Å². The van der Waals surface area contributed by atoms with Gasteiger partial charge in [-0.1, -0.05) is 10.3 Å². The minimum absolute atomic E-state index is 0.0392.